The molecule has 0 aromatic heterocycles. The van der Waals surface area contributed by atoms with Crippen LogP contribution in [0.25, 0.3) is 0 Å². The summed E-state index contributed by atoms with van der Waals surface area (Å²) >= 11 is 0. The highest BCUT2D eigenvalue weighted by Gasteiger charge is 2.27. The van der Waals surface area contributed by atoms with Crippen molar-refractivity contribution in [1.29, 1.82) is 0 Å². The van der Waals surface area contributed by atoms with Crippen LogP contribution in [0.1, 0.15) is 111 Å². The van der Waals surface area contributed by atoms with Gasteiger partial charge >= 0.3 is 0 Å². The summed E-state index contributed by atoms with van der Waals surface area (Å²) in [6.07, 6.45) is 0. The van der Waals surface area contributed by atoms with Gasteiger partial charge in [0.15, 0.2) is 116 Å². The van der Waals surface area contributed by atoms with Crippen LogP contribution in [0.15, 0.2) is 0 Å². The maximum absolute atomic E-state index is 12.5. The fourth-order valence-corrected chi connectivity index (χ4v) is 5.62. The van der Waals surface area contributed by atoms with E-state index in [0.717, 1.165) is 0 Å². The number of hydrogen-bond acceptors (Lipinski definition) is 8. The fraction of sp³-hybridized carbons (Fsp3) is 0.571. The summed E-state index contributed by atoms with van der Waals surface area (Å²) in [5.74, 6) is -47.0. The number of halogens is 20. The smallest absolute Gasteiger partial charge is 0.200 e. The molecule has 0 fully saturated rings. The predicted molar refractivity (Wildman–Crippen MR) is 311 cm³/mol. The highest BCUT2D eigenvalue weighted by Crippen LogP contribution is 2.19. The van der Waals surface area contributed by atoms with Crippen LogP contribution in [0, 0.1) is 116 Å². The number of hydrogen-bond donors (Lipinski definition) is 8. The molecule has 0 aliphatic rings. The molecule has 0 aliphatic heterocycles. The van der Waals surface area contributed by atoms with Crippen molar-refractivity contribution in [2.24, 2.45) is 0 Å². The van der Waals surface area contributed by atoms with E-state index in [4.69, 9.17) is 0 Å². The van der Waals surface area contributed by atoms with Crippen molar-refractivity contribution in [2.75, 3.05) is 105 Å². The van der Waals surface area contributed by atoms with Crippen molar-refractivity contribution in [3.8, 4) is 0 Å². The second kappa shape index (κ2) is 67.3. The molecule has 0 unspecified atom stereocenters. The molecular weight excluding hydrogens is 1340 g/mol. The summed E-state index contributed by atoms with van der Waals surface area (Å²) in [5.41, 5.74) is -7.55. The van der Waals surface area contributed by atoms with Crippen molar-refractivity contribution in [2.45, 2.75) is 111 Å². The van der Waals surface area contributed by atoms with Crippen LogP contribution in [0.5, 0.6) is 0 Å². The molecule has 4 aromatic rings. The van der Waals surface area contributed by atoms with Gasteiger partial charge in [0, 0.05) is 0 Å². The zero-order valence-electron chi connectivity index (χ0n) is 57.1. The third-order valence-electron chi connectivity index (χ3n) is 10.5. The van der Waals surface area contributed by atoms with E-state index in [2.05, 4.69) is 153 Å². The lowest BCUT2D eigenvalue weighted by atomic mass is 9.79. The normalized spacial score (nSPS) is 9.62. The van der Waals surface area contributed by atoms with E-state index in [9.17, 15) is 128 Å². The molecule has 16 N–H and O–H groups in total. The summed E-state index contributed by atoms with van der Waals surface area (Å²) in [6, 6.07) is 0. The zero-order chi connectivity index (χ0) is 77.1. The van der Waals surface area contributed by atoms with Gasteiger partial charge in [0.1, 0.15) is 0 Å². The highest BCUT2D eigenvalue weighted by molar-refractivity contribution is 6.56. The Morgan fingerprint density at radius 2 is 0.219 bits per heavy atom. The maximum Gasteiger partial charge on any atom is 0.200 e. The predicted octanol–water partition coefficient (Wildman–Crippen LogP) is -8.09. The topological polar surface area (TPSA) is 317 Å². The minimum atomic E-state index is -3.26. The molecule has 96 heavy (non-hydrogen) atoms. The quantitative estimate of drug-likeness (QED) is 0.0182. The average Bonchev–Trinajstić information content (AvgIpc) is 0.836. The molecule has 0 aliphatic carbocycles. The largest absolute Gasteiger partial charge is 0.889 e. The molecule has 0 spiro atoms. The molecule has 40 heteroatoms. The summed E-state index contributed by atoms with van der Waals surface area (Å²) in [5, 5.41) is 98.8. The van der Waals surface area contributed by atoms with E-state index in [1.165, 1.54) is 105 Å². The lowest BCUT2D eigenvalue weighted by molar-refractivity contribution is -0.648. The van der Waals surface area contributed by atoms with Crippen LogP contribution in [-0.4, -0.2) is 133 Å². The Labute approximate surface area is 551 Å². The van der Waals surface area contributed by atoms with Crippen molar-refractivity contribution >= 4 is 50.3 Å². The SMILES string of the molecule is CC[NH2+]CC.CC[NH2+]CC.CC[NH2+]CC.CC[NH2+]CC.CC[NH2+]CC.CC[NH2+]CC.CC[NH2+]CC.CC[NH2+]CC.[O-]B([O-])c1c(F)c(F)c(F)c(F)c1F.[O-]B([O-])c1c(F)c(F)c(F)c(F)c1F.[O-]B([O-])c1c(F)c(F)c(F)c(F)c1F.[O-]B([O-])c1c(F)c(F)c(F)c(F)c1F. The van der Waals surface area contributed by atoms with Gasteiger partial charge in [0.25, 0.3) is 0 Å². The Morgan fingerprint density at radius 3 is 0.260 bits per heavy atom. The van der Waals surface area contributed by atoms with Gasteiger partial charge in [-0.2, -0.15) is 0 Å². The molecule has 0 atom stereocenters. The van der Waals surface area contributed by atoms with Crippen molar-refractivity contribution in [1.82, 2.24) is 0 Å². The van der Waals surface area contributed by atoms with E-state index in [-0.39, 0.29) is 0 Å². The molecule has 4 aromatic carbocycles. The molecule has 0 bridgehead atoms. The van der Waals surface area contributed by atoms with Crippen LogP contribution in [0.4, 0.5) is 87.8 Å². The standard InChI is InChI=1S/4C6BF5O2.8C4H11N/c4*8-2-1(7(13)14)3(9)5(11)6(12)4(2)10;8*1-3-5-4-2/h;;;;8*5H,3-4H2,1-2H3/q4*-2;;;;;;;;/p+8. The van der Waals surface area contributed by atoms with Crippen molar-refractivity contribution in [3.05, 3.63) is 116 Å². The molecule has 0 saturated heterocycles. The Balaban J connectivity index is -0.000000152. The average molecular weight is 1430 g/mol. The van der Waals surface area contributed by atoms with Crippen LogP contribution < -0.4 is 105 Å². The molecule has 0 saturated carbocycles. The fourth-order valence-electron chi connectivity index (χ4n) is 5.62. The monoisotopic (exact) mass is 1430 g/mol. The van der Waals surface area contributed by atoms with E-state index in [0.29, 0.717) is 0 Å². The number of benzene rings is 4. The van der Waals surface area contributed by atoms with Gasteiger partial charge in [-0.3, -0.25) is 0 Å². The van der Waals surface area contributed by atoms with Gasteiger partial charge in [-0.25, -0.2) is 87.8 Å². The van der Waals surface area contributed by atoms with Crippen molar-refractivity contribution in [3.63, 3.8) is 0 Å². The maximum atomic E-state index is 12.5. The molecule has 0 amide bonds. The van der Waals surface area contributed by atoms with E-state index < -0.39 is 167 Å². The minimum Gasteiger partial charge on any atom is -0.889 e. The highest BCUT2D eigenvalue weighted by atomic mass is 19.2. The van der Waals surface area contributed by atoms with Gasteiger partial charge in [0.05, 0.1) is 105 Å². The first-order valence-corrected chi connectivity index (χ1v) is 30.7. The van der Waals surface area contributed by atoms with Crippen LogP contribution in [-0.2, 0) is 0 Å². The Bertz CT molecular complexity index is 2100. The van der Waals surface area contributed by atoms with Crippen LogP contribution >= 0.6 is 0 Å². The minimum absolute atomic E-state index is 1.22. The molecule has 560 valence electrons. The Kier molecular flexibility index (Phi) is 75.1. The summed E-state index contributed by atoms with van der Waals surface area (Å²) in [6.45, 7) is 54.0. The number of nitrogens with two attached hydrogens (primary N) is 8. The van der Waals surface area contributed by atoms with Gasteiger partial charge in [-0.05, 0) is 133 Å². The van der Waals surface area contributed by atoms with Gasteiger partial charge in [-0.15, -0.1) is 0 Å². The van der Waals surface area contributed by atoms with E-state index in [1.807, 2.05) is 0 Å². The lowest BCUT2D eigenvalue weighted by Crippen LogP contribution is -2.82. The van der Waals surface area contributed by atoms with Crippen LogP contribution in [0.2, 0.25) is 0 Å². The Hall–Kier alpha value is -4.90. The van der Waals surface area contributed by atoms with Crippen molar-refractivity contribution < 1.29 is 171 Å². The first kappa shape index (κ1) is 107. The second-order valence-electron chi connectivity index (χ2n) is 18.1. The molecule has 0 heterocycles. The van der Waals surface area contributed by atoms with Gasteiger partial charge in [-0.1, -0.05) is 28.5 Å². The summed E-state index contributed by atoms with van der Waals surface area (Å²) < 4.78 is 248. The molecule has 16 nitrogen and oxygen atoms in total. The summed E-state index contributed by atoms with van der Waals surface area (Å²) in [4.78, 5) is 0. The second-order valence-corrected chi connectivity index (χ2v) is 18.1. The molecule has 0 radical (unpaired) electrons. The first-order valence-electron chi connectivity index (χ1n) is 30.7. The third kappa shape index (κ3) is 45.6. The number of quaternary nitrogens is 8. The lowest BCUT2D eigenvalue weighted by Gasteiger charge is -2.27. The molecule has 4 rings (SSSR count). The third-order valence-corrected chi connectivity index (χ3v) is 10.5. The Morgan fingerprint density at radius 1 is 0.156 bits per heavy atom. The van der Waals surface area contributed by atoms with Gasteiger partial charge in [0.2, 0.25) is 0 Å². The van der Waals surface area contributed by atoms with Gasteiger partial charge < -0.3 is 82.7 Å². The molecular formula is C56H96B4F20N8O8. The van der Waals surface area contributed by atoms with Crippen LogP contribution in [0.3, 0.4) is 0 Å². The summed E-state index contributed by atoms with van der Waals surface area (Å²) in [7, 11) is -13.1. The number of rotatable bonds is 20. The zero-order valence-corrected chi connectivity index (χ0v) is 57.1. The van der Waals surface area contributed by atoms with E-state index in [1.54, 1.807) is 0 Å². The van der Waals surface area contributed by atoms with E-state index >= 15 is 0 Å². The first-order chi connectivity index (χ1) is 44.8.